The molecule has 2 aromatic carbocycles. The number of hydrogen-bond acceptors (Lipinski definition) is 6. The number of nitrogens with one attached hydrogen (secondary N) is 1. The molecule has 2 amide bonds. The van der Waals surface area contributed by atoms with Gasteiger partial charge in [-0.15, -0.1) is 0 Å². The van der Waals surface area contributed by atoms with E-state index < -0.39 is 6.04 Å². The van der Waals surface area contributed by atoms with Crippen LogP contribution in [0.25, 0.3) is 17.0 Å². The van der Waals surface area contributed by atoms with Gasteiger partial charge in [-0.3, -0.25) is 4.90 Å². The van der Waals surface area contributed by atoms with Gasteiger partial charge in [0.1, 0.15) is 11.5 Å². The van der Waals surface area contributed by atoms with Gasteiger partial charge in [0.15, 0.2) is 0 Å². The van der Waals surface area contributed by atoms with Crippen molar-refractivity contribution >= 4 is 11.6 Å². The van der Waals surface area contributed by atoms with Gasteiger partial charge < -0.3 is 19.3 Å². The molecule has 31 heavy (non-hydrogen) atoms. The molecule has 1 aliphatic heterocycles. The van der Waals surface area contributed by atoms with Crippen molar-refractivity contribution in [2.45, 2.75) is 19.9 Å². The highest BCUT2D eigenvalue weighted by Gasteiger charge is 2.35. The Hall–Kier alpha value is -3.81. The Balaban J connectivity index is 1.81. The Morgan fingerprint density at radius 2 is 1.81 bits per heavy atom. The summed E-state index contributed by atoms with van der Waals surface area (Å²) in [6.07, 6.45) is 0. The van der Waals surface area contributed by atoms with Gasteiger partial charge in [0, 0.05) is 17.8 Å². The second-order valence-corrected chi connectivity index (χ2v) is 7.06. The molecule has 4 rings (SSSR count). The first-order chi connectivity index (χ1) is 15.0. The largest absolute Gasteiger partial charge is 0.497 e. The van der Waals surface area contributed by atoms with Crippen molar-refractivity contribution in [2.75, 3.05) is 20.8 Å². The predicted octanol–water partition coefficient (Wildman–Crippen LogP) is 4.27. The number of aromatic nitrogens is 2. The minimum Gasteiger partial charge on any atom is -0.497 e. The van der Waals surface area contributed by atoms with Crippen LogP contribution < -0.4 is 14.8 Å². The van der Waals surface area contributed by atoms with E-state index in [-0.39, 0.29) is 6.03 Å². The molecule has 1 aliphatic rings. The maximum Gasteiger partial charge on any atom is 0.322 e. The smallest absolute Gasteiger partial charge is 0.322 e. The lowest BCUT2D eigenvalue weighted by atomic mass is 9.94. The molecule has 0 spiro atoms. The fraction of sp³-hybridized carbons (Fsp3) is 0.261. The molecule has 1 N–H and O–H groups in total. The summed E-state index contributed by atoms with van der Waals surface area (Å²) >= 11 is 0. The van der Waals surface area contributed by atoms with Gasteiger partial charge in [-0.25, -0.2) is 4.79 Å². The number of methoxy groups -OCH3 is 2. The lowest BCUT2D eigenvalue weighted by molar-refractivity contribution is 0.207. The fourth-order valence-electron chi connectivity index (χ4n) is 3.72. The molecule has 1 atom stereocenters. The summed E-state index contributed by atoms with van der Waals surface area (Å²) in [4.78, 5) is 19.0. The lowest BCUT2D eigenvalue weighted by Crippen LogP contribution is -2.45. The van der Waals surface area contributed by atoms with E-state index in [4.69, 9.17) is 14.0 Å². The predicted molar refractivity (Wildman–Crippen MR) is 116 cm³/mol. The molecule has 0 radical (unpaired) electrons. The van der Waals surface area contributed by atoms with Gasteiger partial charge in [-0.1, -0.05) is 29.4 Å². The Kier molecular flexibility index (Phi) is 5.62. The number of benzene rings is 2. The quantitative estimate of drug-likeness (QED) is 0.641. The summed E-state index contributed by atoms with van der Waals surface area (Å²) in [5.74, 6) is 2.19. The van der Waals surface area contributed by atoms with Crippen molar-refractivity contribution in [1.29, 1.82) is 0 Å². The third-order valence-electron chi connectivity index (χ3n) is 5.32. The fourth-order valence-corrected chi connectivity index (χ4v) is 3.72. The molecule has 0 fully saturated rings. The molecule has 0 saturated carbocycles. The first-order valence-electron chi connectivity index (χ1n) is 9.97. The van der Waals surface area contributed by atoms with E-state index in [2.05, 4.69) is 15.5 Å². The minimum atomic E-state index is -0.455. The van der Waals surface area contributed by atoms with E-state index >= 15 is 0 Å². The van der Waals surface area contributed by atoms with Crippen LogP contribution in [0.5, 0.6) is 11.5 Å². The molecule has 0 saturated heterocycles. The first-order valence-corrected chi connectivity index (χ1v) is 9.97. The molecule has 8 heteroatoms. The number of allylic oxidation sites excluding steroid dienone is 1. The first kappa shape index (κ1) is 20.5. The molecule has 0 aliphatic carbocycles. The Morgan fingerprint density at radius 1 is 1.10 bits per heavy atom. The molecular weight excluding hydrogens is 396 g/mol. The van der Waals surface area contributed by atoms with Crippen molar-refractivity contribution < 1.29 is 18.8 Å². The zero-order chi connectivity index (χ0) is 22.0. The molecule has 160 valence electrons. The van der Waals surface area contributed by atoms with Gasteiger partial charge in [-0.2, -0.15) is 4.98 Å². The van der Waals surface area contributed by atoms with E-state index in [9.17, 15) is 4.79 Å². The van der Waals surface area contributed by atoms with Crippen LogP contribution in [0, 0.1) is 0 Å². The van der Waals surface area contributed by atoms with Crippen molar-refractivity contribution in [3.8, 4) is 22.9 Å². The van der Waals surface area contributed by atoms with Crippen LogP contribution in [0.3, 0.4) is 0 Å². The summed E-state index contributed by atoms with van der Waals surface area (Å²) in [5, 5.41) is 7.23. The standard InChI is InChI=1S/C23H24N4O4/c1-5-27-14(2)19(20(24-23(27)28)15-8-6-10-17(12-15)29-3)22-25-21(26-31-22)16-9-7-11-18(13-16)30-4/h6-13,20H,5H2,1-4H3,(H,24,28). The number of nitrogens with zero attached hydrogens (tertiary/aromatic N) is 3. The number of urea groups is 1. The van der Waals surface area contributed by atoms with Crippen LogP contribution in [-0.2, 0) is 0 Å². The minimum absolute atomic E-state index is 0.177. The number of ether oxygens (including phenoxy) is 2. The summed E-state index contributed by atoms with van der Waals surface area (Å²) < 4.78 is 16.3. The van der Waals surface area contributed by atoms with Gasteiger partial charge >= 0.3 is 6.03 Å². The average molecular weight is 420 g/mol. The topological polar surface area (TPSA) is 89.7 Å². The van der Waals surface area contributed by atoms with Crippen LogP contribution in [0.4, 0.5) is 4.79 Å². The van der Waals surface area contributed by atoms with E-state index in [1.165, 1.54) is 0 Å². The van der Waals surface area contributed by atoms with Crippen LogP contribution in [0.2, 0.25) is 0 Å². The summed E-state index contributed by atoms with van der Waals surface area (Å²) in [7, 11) is 3.22. The van der Waals surface area contributed by atoms with Crippen LogP contribution >= 0.6 is 0 Å². The summed E-state index contributed by atoms with van der Waals surface area (Å²) in [5.41, 5.74) is 3.15. The van der Waals surface area contributed by atoms with Gasteiger partial charge in [-0.05, 0) is 43.7 Å². The van der Waals surface area contributed by atoms with Crippen LogP contribution in [0.15, 0.2) is 58.8 Å². The molecule has 3 aromatic rings. The molecule has 0 bridgehead atoms. The monoisotopic (exact) mass is 420 g/mol. The maximum atomic E-state index is 12.7. The van der Waals surface area contributed by atoms with Gasteiger partial charge in [0.05, 0.1) is 25.8 Å². The number of carbonyl (C=O) groups excluding carboxylic acids is 1. The molecule has 8 nitrogen and oxygen atoms in total. The SMILES string of the molecule is CCN1C(=O)NC(c2cccc(OC)c2)C(c2nc(-c3cccc(OC)c3)no2)=C1C. The number of carbonyl (C=O) groups is 1. The van der Waals surface area contributed by atoms with Gasteiger partial charge in [0.25, 0.3) is 5.89 Å². The number of hydrogen-bond donors (Lipinski definition) is 1. The third kappa shape index (κ3) is 3.84. The van der Waals surface area contributed by atoms with E-state index in [1.807, 2.05) is 62.4 Å². The van der Waals surface area contributed by atoms with Gasteiger partial charge in [0.2, 0.25) is 5.82 Å². The number of amides is 2. The molecule has 1 aromatic heterocycles. The Bertz CT molecular complexity index is 1140. The normalized spacial score (nSPS) is 16.3. The summed E-state index contributed by atoms with van der Waals surface area (Å²) in [6, 6.07) is 14.4. The van der Waals surface area contributed by atoms with Crippen molar-refractivity contribution in [2.24, 2.45) is 0 Å². The third-order valence-corrected chi connectivity index (χ3v) is 5.32. The van der Waals surface area contributed by atoms with Crippen molar-refractivity contribution in [1.82, 2.24) is 20.4 Å². The molecular formula is C23H24N4O4. The molecule has 2 heterocycles. The summed E-state index contributed by atoms with van der Waals surface area (Å²) in [6.45, 7) is 4.32. The second-order valence-electron chi connectivity index (χ2n) is 7.06. The molecule has 1 unspecified atom stereocenters. The zero-order valence-electron chi connectivity index (χ0n) is 17.9. The highest BCUT2D eigenvalue weighted by molar-refractivity contribution is 5.86. The Labute approximate surface area is 180 Å². The van der Waals surface area contributed by atoms with Crippen molar-refractivity contribution in [3.05, 3.63) is 65.7 Å². The zero-order valence-corrected chi connectivity index (χ0v) is 17.9. The highest BCUT2D eigenvalue weighted by Crippen LogP contribution is 2.38. The van der Waals surface area contributed by atoms with Crippen LogP contribution in [0.1, 0.15) is 31.3 Å². The second kappa shape index (κ2) is 8.51. The van der Waals surface area contributed by atoms with Crippen LogP contribution in [-0.4, -0.2) is 41.8 Å². The average Bonchev–Trinajstić information content (AvgIpc) is 3.29. The maximum absolute atomic E-state index is 12.7. The lowest BCUT2D eigenvalue weighted by Gasteiger charge is -2.34. The van der Waals surface area contributed by atoms with Crippen molar-refractivity contribution in [3.63, 3.8) is 0 Å². The Morgan fingerprint density at radius 3 is 2.52 bits per heavy atom. The van der Waals surface area contributed by atoms with E-state index in [1.54, 1.807) is 19.1 Å². The van der Waals surface area contributed by atoms with E-state index in [0.29, 0.717) is 29.8 Å². The van der Waals surface area contributed by atoms with E-state index in [0.717, 1.165) is 22.4 Å². The highest BCUT2D eigenvalue weighted by atomic mass is 16.5. The number of rotatable bonds is 6.